The van der Waals surface area contributed by atoms with Gasteiger partial charge in [0.15, 0.2) is 0 Å². The highest BCUT2D eigenvalue weighted by atomic mass is 32.2. The van der Waals surface area contributed by atoms with Crippen LogP contribution in [0.2, 0.25) is 0 Å². The van der Waals surface area contributed by atoms with Gasteiger partial charge in [-0.3, -0.25) is 9.48 Å². The first-order valence-electron chi connectivity index (χ1n) is 6.03. The van der Waals surface area contributed by atoms with Crippen molar-refractivity contribution in [2.45, 2.75) is 37.6 Å². The zero-order valence-corrected chi connectivity index (χ0v) is 11.2. The van der Waals surface area contributed by atoms with Crippen LogP contribution in [0, 0.1) is 0 Å². The topological polar surface area (TPSA) is 38.1 Å². The Morgan fingerprint density at radius 1 is 1.65 bits per heavy atom. The number of rotatable bonds is 4. The molecule has 1 aromatic rings. The molecule has 2 atom stereocenters. The number of thioether (sulfide) groups is 1. The molecule has 0 aromatic carbocycles. The van der Waals surface area contributed by atoms with Crippen molar-refractivity contribution in [2.24, 2.45) is 0 Å². The summed E-state index contributed by atoms with van der Waals surface area (Å²) in [5.41, 5.74) is 0. The molecule has 4 nitrogen and oxygen atoms in total. The lowest BCUT2D eigenvalue weighted by atomic mass is 10.2. The number of carbonyl (C=O) groups is 1. The summed E-state index contributed by atoms with van der Waals surface area (Å²) in [6, 6.07) is 2.24. The van der Waals surface area contributed by atoms with Crippen molar-refractivity contribution in [1.29, 1.82) is 0 Å². The summed E-state index contributed by atoms with van der Waals surface area (Å²) in [6.45, 7) is 3.70. The predicted molar refractivity (Wildman–Crippen MR) is 69.9 cm³/mol. The van der Waals surface area contributed by atoms with Gasteiger partial charge in [-0.2, -0.15) is 16.9 Å². The van der Waals surface area contributed by atoms with Crippen LogP contribution in [0.5, 0.6) is 0 Å². The van der Waals surface area contributed by atoms with Crippen LogP contribution < -0.4 is 0 Å². The largest absolute Gasteiger partial charge is 0.337 e. The third-order valence-corrected chi connectivity index (χ3v) is 4.23. The highest BCUT2D eigenvalue weighted by Gasteiger charge is 2.31. The van der Waals surface area contributed by atoms with E-state index in [4.69, 9.17) is 0 Å². The molecule has 17 heavy (non-hydrogen) atoms. The van der Waals surface area contributed by atoms with E-state index in [1.807, 2.05) is 35.0 Å². The summed E-state index contributed by atoms with van der Waals surface area (Å²) in [5.74, 6) is 0.271. The fourth-order valence-corrected chi connectivity index (χ4v) is 2.61. The third kappa shape index (κ3) is 2.83. The van der Waals surface area contributed by atoms with Gasteiger partial charge in [-0.15, -0.1) is 0 Å². The monoisotopic (exact) mass is 253 g/mol. The molecule has 2 rings (SSSR count). The summed E-state index contributed by atoms with van der Waals surface area (Å²) < 4.78 is 1.92. The van der Waals surface area contributed by atoms with Crippen molar-refractivity contribution in [3.63, 3.8) is 0 Å². The van der Waals surface area contributed by atoms with E-state index in [-0.39, 0.29) is 11.2 Å². The maximum Gasteiger partial charge on any atom is 0.235 e. The maximum absolute atomic E-state index is 12.2. The summed E-state index contributed by atoms with van der Waals surface area (Å²) in [5, 5.41) is 4.28. The van der Waals surface area contributed by atoms with E-state index in [0.717, 1.165) is 25.9 Å². The minimum absolute atomic E-state index is 0.0632. The van der Waals surface area contributed by atoms with Crippen LogP contribution in [0.1, 0.15) is 19.8 Å². The van der Waals surface area contributed by atoms with Crippen LogP contribution in [0.15, 0.2) is 18.5 Å². The molecule has 94 valence electrons. The Morgan fingerprint density at radius 3 is 3.12 bits per heavy atom. The number of likely N-dealkylation sites (tertiary alicyclic amines) is 1. The van der Waals surface area contributed by atoms with E-state index in [1.165, 1.54) is 0 Å². The molecule has 0 radical (unpaired) electrons. The standard InChI is InChI=1S/C12H19N3OS/c1-10(17-2)12(16)15-8-3-5-11(15)9-14-7-4-6-13-14/h4,6-7,10-11H,3,5,8-9H2,1-2H3/t10-,11-/m0/s1. The van der Waals surface area contributed by atoms with Crippen LogP contribution >= 0.6 is 11.8 Å². The van der Waals surface area contributed by atoms with Gasteiger partial charge in [0.2, 0.25) is 5.91 Å². The maximum atomic E-state index is 12.2. The van der Waals surface area contributed by atoms with Crippen molar-refractivity contribution >= 4 is 17.7 Å². The second kappa shape index (κ2) is 5.58. The van der Waals surface area contributed by atoms with Crippen molar-refractivity contribution in [1.82, 2.24) is 14.7 Å². The Kier molecular flexibility index (Phi) is 4.10. The predicted octanol–water partition coefficient (Wildman–Crippen LogP) is 1.63. The first-order valence-corrected chi connectivity index (χ1v) is 7.32. The third-order valence-electron chi connectivity index (χ3n) is 3.32. The first kappa shape index (κ1) is 12.5. The molecule has 0 aliphatic carbocycles. The smallest absolute Gasteiger partial charge is 0.235 e. The van der Waals surface area contributed by atoms with Crippen molar-refractivity contribution in [2.75, 3.05) is 12.8 Å². The SMILES string of the molecule is CS[C@@H](C)C(=O)N1CCC[C@H]1Cn1cccn1. The molecular formula is C12H19N3OS. The van der Waals surface area contributed by atoms with Crippen LogP contribution in [0.4, 0.5) is 0 Å². The van der Waals surface area contributed by atoms with Gasteiger partial charge in [-0.05, 0) is 32.1 Å². The van der Waals surface area contributed by atoms with Crippen molar-refractivity contribution < 1.29 is 4.79 Å². The van der Waals surface area contributed by atoms with Crippen molar-refractivity contribution in [3.8, 4) is 0 Å². The molecule has 1 aromatic heterocycles. The van der Waals surface area contributed by atoms with Gasteiger partial charge in [-0.1, -0.05) is 0 Å². The van der Waals surface area contributed by atoms with Gasteiger partial charge < -0.3 is 4.90 Å². The summed E-state index contributed by atoms with van der Waals surface area (Å²) in [7, 11) is 0. The molecule has 1 amide bonds. The molecule has 0 N–H and O–H groups in total. The summed E-state index contributed by atoms with van der Waals surface area (Å²) >= 11 is 1.62. The first-order chi connectivity index (χ1) is 8.22. The fourth-order valence-electron chi connectivity index (χ4n) is 2.27. The second-order valence-corrected chi connectivity index (χ2v) is 5.61. The van der Waals surface area contributed by atoms with Crippen LogP contribution in [0.3, 0.4) is 0 Å². The number of hydrogen-bond donors (Lipinski definition) is 0. The van der Waals surface area contributed by atoms with Gasteiger partial charge in [0.1, 0.15) is 0 Å². The zero-order chi connectivity index (χ0) is 12.3. The number of nitrogens with zero attached hydrogens (tertiary/aromatic N) is 3. The summed E-state index contributed by atoms with van der Waals surface area (Å²) in [6.07, 6.45) is 7.93. The minimum atomic E-state index is 0.0632. The number of carbonyl (C=O) groups excluding carboxylic acids is 1. The van der Waals surface area contributed by atoms with E-state index < -0.39 is 0 Å². The lowest BCUT2D eigenvalue weighted by molar-refractivity contribution is -0.131. The molecule has 0 unspecified atom stereocenters. The van der Waals surface area contributed by atoms with Gasteiger partial charge in [0, 0.05) is 18.9 Å². The quantitative estimate of drug-likeness (QED) is 0.818. The fraction of sp³-hybridized carbons (Fsp3) is 0.667. The van der Waals surface area contributed by atoms with Gasteiger partial charge in [0.05, 0.1) is 17.8 Å². The van der Waals surface area contributed by atoms with Crippen LogP contribution in [-0.2, 0) is 11.3 Å². The Balaban J connectivity index is 1.99. The van der Waals surface area contributed by atoms with E-state index in [1.54, 1.807) is 18.0 Å². The van der Waals surface area contributed by atoms with Crippen LogP contribution in [0.25, 0.3) is 0 Å². The number of hydrogen-bond acceptors (Lipinski definition) is 3. The Bertz CT molecular complexity index is 366. The molecule has 0 saturated carbocycles. The van der Waals surface area contributed by atoms with E-state index in [9.17, 15) is 4.79 Å². The molecule has 1 aliphatic rings. The van der Waals surface area contributed by atoms with Gasteiger partial charge in [-0.25, -0.2) is 0 Å². The molecule has 0 spiro atoms. The zero-order valence-electron chi connectivity index (χ0n) is 10.4. The van der Waals surface area contributed by atoms with Gasteiger partial charge in [0.25, 0.3) is 0 Å². The van der Waals surface area contributed by atoms with Crippen molar-refractivity contribution in [3.05, 3.63) is 18.5 Å². The van der Waals surface area contributed by atoms with E-state index >= 15 is 0 Å². The molecule has 1 aliphatic heterocycles. The molecule has 1 fully saturated rings. The minimum Gasteiger partial charge on any atom is -0.337 e. The normalized spacial score (nSPS) is 21.8. The molecule has 5 heteroatoms. The van der Waals surface area contributed by atoms with Crippen LogP contribution in [-0.4, -0.2) is 44.7 Å². The second-order valence-electron chi connectivity index (χ2n) is 4.43. The number of aromatic nitrogens is 2. The lowest BCUT2D eigenvalue weighted by Gasteiger charge is -2.26. The summed E-state index contributed by atoms with van der Waals surface area (Å²) in [4.78, 5) is 14.2. The lowest BCUT2D eigenvalue weighted by Crippen LogP contribution is -2.42. The molecule has 1 saturated heterocycles. The molecule has 2 heterocycles. The van der Waals surface area contributed by atoms with Gasteiger partial charge >= 0.3 is 0 Å². The molecule has 0 bridgehead atoms. The average molecular weight is 253 g/mol. The van der Waals surface area contributed by atoms with E-state index in [2.05, 4.69) is 5.10 Å². The highest BCUT2D eigenvalue weighted by molar-refractivity contribution is 7.99. The average Bonchev–Trinajstić information content (AvgIpc) is 2.99. The Labute approximate surface area is 106 Å². The Morgan fingerprint density at radius 2 is 2.47 bits per heavy atom. The molecular weight excluding hydrogens is 234 g/mol. The van der Waals surface area contributed by atoms with E-state index in [0.29, 0.717) is 6.04 Å². The Hall–Kier alpha value is -0.970. The number of amides is 1. The highest BCUT2D eigenvalue weighted by Crippen LogP contribution is 2.22.